The average molecular weight is 665 g/mol. The summed E-state index contributed by atoms with van der Waals surface area (Å²) in [6.45, 7) is 4.37. The van der Waals surface area contributed by atoms with Gasteiger partial charge in [0.05, 0.1) is 55.7 Å². The summed E-state index contributed by atoms with van der Waals surface area (Å²) in [5.41, 5.74) is 0. The molecule has 0 unspecified atom stereocenters. The van der Waals surface area contributed by atoms with Crippen LogP contribution in [0.4, 0.5) is 0 Å². The predicted octanol–water partition coefficient (Wildman–Crippen LogP) is 7.20. The number of hydrogen-bond donors (Lipinski definition) is 0. The molecule has 1 aromatic rings. The van der Waals surface area contributed by atoms with E-state index < -0.39 is 0 Å². The molecule has 186 valence electrons. The summed E-state index contributed by atoms with van der Waals surface area (Å²) in [6, 6.07) is 0. The van der Waals surface area contributed by atoms with E-state index in [1.54, 1.807) is 46.2 Å². The van der Waals surface area contributed by atoms with Crippen LogP contribution in [0.15, 0.2) is 16.9 Å². The molecule has 0 fully saturated rings. The first-order valence-corrected chi connectivity index (χ1v) is 18.9. The molecule has 15 heteroatoms. The first kappa shape index (κ1) is 29.8. The van der Waals surface area contributed by atoms with Crippen molar-refractivity contribution >= 4 is 149 Å². The summed E-state index contributed by atoms with van der Waals surface area (Å²) in [4.78, 5) is 23.4. The minimum atomic E-state index is -0.279. The molecule has 0 bridgehead atoms. The maximum atomic E-state index is 11.7. The summed E-state index contributed by atoms with van der Waals surface area (Å²) >= 11 is 22.8. The molecule has 4 nitrogen and oxygen atoms in total. The second kappa shape index (κ2) is 15.0. The second-order valence-electron chi connectivity index (χ2n) is 5.84. The summed E-state index contributed by atoms with van der Waals surface area (Å²) in [7, 11) is 2.77. The van der Waals surface area contributed by atoms with Gasteiger partial charge in [-0.3, -0.25) is 9.59 Å². The fourth-order valence-electron chi connectivity index (χ4n) is 2.20. The Kier molecular flexibility index (Phi) is 13.1. The Bertz CT molecular complexity index is 1120. The van der Waals surface area contributed by atoms with Gasteiger partial charge in [-0.1, -0.05) is 73.1 Å². The Labute approximate surface area is 246 Å². The van der Waals surface area contributed by atoms with E-state index >= 15 is 0 Å². The van der Waals surface area contributed by atoms with Crippen LogP contribution < -0.4 is 8.38 Å². The van der Waals surface area contributed by atoms with Crippen LogP contribution in [0.3, 0.4) is 0 Å². The molecule has 0 amide bonds. The van der Waals surface area contributed by atoms with Gasteiger partial charge in [-0.2, -0.15) is 0 Å². The zero-order valence-corrected chi connectivity index (χ0v) is 27.4. The molecular formula is C19H20O4S11. The first-order valence-electron chi connectivity index (χ1n) is 9.63. The highest BCUT2D eigenvalue weighted by atomic mass is 32.3. The van der Waals surface area contributed by atoms with Gasteiger partial charge < -0.3 is 9.47 Å². The Morgan fingerprint density at radius 2 is 1.18 bits per heavy atom. The zero-order chi connectivity index (χ0) is 24.7. The van der Waals surface area contributed by atoms with Crippen LogP contribution in [0.25, 0.3) is 8.47 Å². The highest BCUT2D eigenvalue weighted by Gasteiger charge is 2.26. The number of esters is 2. The minimum Gasteiger partial charge on any atom is -0.468 e. The van der Waals surface area contributed by atoms with E-state index in [9.17, 15) is 9.59 Å². The molecule has 1 aromatic heterocycles. The zero-order valence-electron chi connectivity index (χ0n) is 18.5. The monoisotopic (exact) mass is 664 g/mol. The lowest BCUT2D eigenvalue weighted by Crippen LogP contribution is -2.03. The Hall–Kier alpha value is 1.23. The quantitative estimate of drug-likeness (QED) is 0.187. The van der Waals surface area contributed by atoms with Crippen molar-refractivity contribution in [3.63, 3.8) is 0 Å². The normalized spacial score (nSPS) is 16.1. The maximum absolute atomic E-state index is 11.7. The number of thioether (sulfide) groups is 8. The number of rotatable bonds is 10. The van der Waals surface area contributed by atoms with Crippen molar-refractivity contribution in [1.29, 1.82) is 0 Å². The minimum absolute atomic E-state index is 0.223. The lowest BCUT2D eigenvalue weighted by molar-refractivity contribution is -0.138. The molecular weight excluding hydrogens is 645 g/mol. The van der Waals surface area contributed by atoms with E-state index in [2.05, 4.69) is 13.8 Å². The van der Waals surface area contributed by atoms with Crippen molar-refractivity contribution < 1.29 is 19.1 Å². The largest absolute Gasteiger partial charge is 0.468 e. The van der Waals surface area contributed by atoms with E-state index in [1.165, 1.54) is 54.3 Å². The molecule has 0 atom stereocenters. The Balaban J connectivity index is 1.90. The lowest BCUT2D eigenvalue weighted by Gasteiger charge is -2.03. The molecule has 0 aromatic carbocycles. The van der Waals surface area contributed by atoms with E-state index in [0.29, 0.717) is 0 Å². The first-order chi connectivity index (χ1) is 16.4. The maximum Gasteiger partial charge on any atom is 0.316 e. The van der Waals surface area contributed by atoms with Gasteiger partial charge in [-0.25, -0.2) is 0 Å². The van der Waals surface area contributed by atoms with Crippen molar-refractivity contribution in [3.05, 3.63) is 29.2 Å². The van der Waals surface area contributed by atoms with Gasteiger partial charge in [-0.05, 0) is 11.5 Å². The summed E-state index contributed by atoms with van der Waals surface area (Å²) in [5, 5.41) is 0. The predicted molar refractivity (Wildman–Crippen MR) is 169 cm³/mol. The van der Waals surface area contributed by atoms with Gasteiger partial charge in [0, 0.05) is 0 Å². The van der Waals surface area contributed by atoms with Gasteiger partial charge >= 0.3 is 11.9 Å². The van der Waals surface area contributed by atoms with Crippen LogP contribution in [0.2, 0.25) is 0 Å². The third-order valence-corrected chi connectivity index (χ3v) is 18.2. The molecule has 0 saturated carbocycles. The number of carbonyl (C=O) groups is 2. The van der Waals surface area contributed by atoms with Crippen molar-refractivity contribution in [3.8, 4) is 0 Å². The van der Waals surface area contributed by atoms with Crippen LogP contribution in [0.5, 0.6) is 0 Å². The summed E-state index contributed by atoms with van der Waals surface area (Å²) < 4.78 is 20.0. The van der Waals surface area contributed by atoms with Crippen molar-refractivity contribution in [1.82, 2.24) is 0 Å². The van der Waals surface area contributed by atoms with Crippen LogP contribution >= 0.6 is 129 Å². The molecule has 2 aliphatic heterocycles. The fraction of sp³-hybridized carbons (Fsp3) is 0.421. The Morgan fingerprint density at radius 1 is 0.735 bits per heavy atom. The molecule has 3 rings (SSSR count). The van der Waals surface area contributed by atoms with Crippen molar-refractivity contribution in [2.75, 3.05) is 37.2 Å². The third-order valence-electron chi connectivity index (χ3n) is 3.64. The fourth-order valence-corrected chi connectivity index (χ4v) is 17.1. The van der Waals surface area contributed by atoms with E-state index in [0.717, 1.165) is 32.6 Å². The molecule has 0 aliphatic carbocycles. The third kappa shape index (κ3) is 8.11. The summed E-state index contributed by atoms with van der Waals surface area (Å²) in [5.74, 6) is 2.01. The number of methoxy groups -OCH3 is 2. The molecule has 2 aliphatic rings. The molecule has 0 radical (unpaired) electrons. The Morgan fingerprint density at radius 3 is 1.62 bits per heavy atom. The molecule has 3 heterocycles. The van der Waals surface area contributed by atoms with Gasteiger partial charge in [0.1, 0.15) is 7.67 Å². The van der Waals surface area contributed by atoms with Crippen molar-refractivity contribution in [2.24, 2.45) is 0 Å². The number of carbonyl (C=O) groups excluding carboxylic acids is 2. The number of ether oxygens (including phenoxy) is 2. The van der Waals surface area contributed by atoms with Crippen LogP contribution in [0, 0.1) is 3.82 Å². The van der Waals surface area contributed by atoms with Gasteiger partial charge in [0.2, 0.25) is 0 Å². The molecule has 0 spiro atoms. The highest BCUT2D eigenvalue weighted by molar-refractivity contribution is 8.46. The van der Waals surface area contributed by atoms with E-state index in [-0.39, 0.29) is 23.4 Å². The standard InChI is InChI=1S/C19H20O4S11/c1-5-25-14-15(26-6-2)34-19(33-14)18-29-11(12(24)30-18)13-31-16(27-7-9(20)22-3)17(32-13)28-8-10(21)23-4/h5-8H2,1-4H3. The van der Waals surface area contributed by atoms with E-state index in [4.69, 9.17) is 21.7 Å². The van der Waals surface area contributed by atoms with Gasteiger partial charge in [0.25, 0.3) is 0 Å². The molecule has 0 N–H and O–H groups in total. The smallest absolute Gasteiger partial charge is 0.316 e. The van der Waals surface area contributed by atoms with Crippen LogP contribution in [-0.4, -0.2) is 49.2 Å². The van der Waals surface area contributed by atoms with Crippen LogP contribution in [-0.2, 0) is 19.1 Å². The van der Waals surface area contributed by atoms with Gasteiger partial charge in [-0.15, -0.1) is 69.7 Å². The number of hydrogen-bond acceptors (Lipinski definition) is 15. The highest BCUT2D eigenvalue weighted by Crippen LogP contribution is 2.59. The molecule has 0 saturated heterocycles. The lowest BCUT2D eigenvalue weighted by atomic mass is 10.8. The second-order valence-corrected chi connectivity index (χ2v) is 19.0. The molecule has 34 heavy (non-hydrogen) atoms. The summed E-state index contributed by atoms with van der Waals surface area (Å²) in [6.07, 6.45) is 0. The average Bonchev–Trinajstić information content (AvgIpc) is 3.53. The SMILES string of the molecule is CCSC1=C(SCC)SC(=c2sc(=S)c(=C3SC(SCC(=O)OC)=C(SCC(=O)OC)S3)s2)S1. The van der Waals surface area contributed by atoms with Crippen LogP contribution in [0.1, 0.15) is 13.8 Å². The topological polar surface area (TPSA) is 52.6 Å². The van der Waals surface area contributed by atoms with E-state index in [1.807, 2.05) is 47.0 Å². The van der Waals surface area contributed by atoms with Crippen molar-refractivity contribution in [2.45, 2.75) is 13.8 Å². The van der Waals surface area contributed by atoms with Gasteiger partial charge in [0.15, 0.2) is 0 Å².